The summed E-state index contributed by atoms with van der Waals surface area (Å²) >= 11 is 0. The minimum absolute atomic E-state index is 0.176. The summed E-state index contributed by atoms with van der Waals surface area (Å²) in [6, 6.07) is 8.79. The minimum Gasteiger partial charge on any atom is -0.469 e. The fourth-order valence-electron chi connectivity index (χ4n) is 2.54. The van der Waals surface area contributed by atoms with Crippen LogP contribution in [0.25, 0.3) is 0 Å². The highest BCUT2D eigenvalue weighted by Crippen LogP contribution is 2.16. The molecular weight excluding hydrogens is 252 g/mol. The zero-order valence-electron chi connectivity index (χ0n) is 12.4. The lowest BCUT2D eigenvalue weighted by Crippen LogP contribution is -2.57. The van der Waals surface area contributed by atoms with E-state index in [-0.39, 0.29) is 5.97 Å². The van der Waals surface area contributed by atoms with Crippen LogP contribution in [0.1, 0.15) is 24.5 Å². The molecule has 110 valence electrons. The second-order valence-corrected chi connectivity index (χ2v) is 5.30. The number of rotatable bonds is 7. The molecule has 1 aliphatic rings. The van der Waals surface area contributed by atoms with E-state index in [2.05, 4.69) is 23.2 Å². The molecule has 0 saturated carbocycles. The average molecular weight is 276 g/mol. The van der Waals surface area contributed by atoms with Crippen LogP contribution in [-0.2, 0) is 22.5 Å². The maximum Gasteiger partial charge on any atom is 0.309 e. The van der Waals surface area contributed by atoms with E-state index in [1.165, 1.54) is 12.7 Å². The molecule has 1 aromatic rings. The zero-order chi connectivity index (χ0) is 14.4. The van der Waals surface area contributed by atoms with Gasteiger partial charge in [0, 0.05) is 25.7 Å². The SMILES string of the molecule is CCCN(Cc1ccccc1CC(=O)OC)C1CNC1. The van der Waals surface area contributed by atoms with Gasteiger partial charge in [0.05, 0.1) is 13.5 Å². The number of hydrogen-bond donors (Lipinski definition) is 1. The number of esters is 1. The molecule has 0 bridgehead atoms. The lowest BCUT2D eigenvalue weighted by atomic mass is 10.0. The van der Waals surface area contributed by atoms with Crippen molar-refractivity contribution in [2.24, 2.45) is 0 Å². The highest BCUT2D eigenvalue weighted by molar-refractivity contribution is 5.72. The van der Waals surface area contributed by atoms with Crippen molar-refractivity contribution in [3.05, 3.63) is 35.4 Å². The molecule has 1 N–H and O–H groups in total. The van der Waals surface area contributed by atoms with E-state index in [0.29, 0.717) is 12.5 Å². The molecule has 1 saturated heterocycles. The van der Waals surface area contributed by atoms with Crippen molar-refractivity contribution >= 4 is 5.97 Å². The molecule has 4 nitrogen and oxygen atoms in total. The van der Waals surface area contributed by atoms with E-state index >= 15 is 0 Å². The van der Waals surface area contributed by atoms with Crippen LogP contribution in [0.4, 0.5) is 0 Å². The first-order chi connectivity index (χ1) is 9.74. The van der Waals surface area contributed by atoms with Gasteiger partial charge < -0.3 is 10.1 Å². The number of methoxy groups -OCH3 is 1. The first-order valence-electron chi connectivity index (χ1n) is 7.33. The fraction of sp³-hybridized carbons (Fsp3) is 0.562. The van der Waals surface area contributed by atoms with Crippen LogP contribution in [0.15, 0.2) is 24.3 Å². The van der Waals surface area contributed by atoms with Crippen molar-refractivity contribution < 1.29 is 9.53 Å². The van der Waals surface area contributed by atoms with Crippen molar-refractivity contribution in [1.29, 1.82) is 0 Å². The third-order valence-electron chi connectivity index (χ3n) is 3.84. The first-order valence-corrected chi connectivity index (χ1v) is 7.33. The Morgan fingerprint density at radius 3 is 2.60 bits per heavy atom. The van der Waals surface area contributed by atoms with Gasteiger partial charge in [-0.25, -0.2) is 0 Å². The molecule has 0 spiro atoms. The van der Waals surface area contributed by atoms with Crippen molar-refractivity contribution in [3.8, 4) is 0 Å². The van der Waals surface area contributed by atoms with Gasteiger partial charge in [-0.2, -0.15) is 0 Å². The summed E-state index contributed by atoms with van der Waals surface area (Å²) in [5.74, 6) is -0.176. The highest BCUT2D eigenvalue weighted by atomic mass is 16.5. The van der Waals surface area contributed by atoms with Gasteiger partial charge in [-0.15, -0.1) is 0 Å². The molecular formula is C16H24N2O2. The van der Waals surface area contributed by atoms with E-state index in [9.17, 15) is 4.79 Å². The minimum atomic E-state index is -0.176. The molecule has 2 rings (SSSR count). The smallest absolute Gasteiger partial charge is 0.309 e. The van der Waals surface area contributed by atoms with E-state index in [1.807, 2.05) is 18.2 Å². The third-order valence-corrected chi connectivity index (χ3v) is 3.84. The molecule has 4 heteroatoms. The van der Waals surface area contributed by atoms with E-state index in [0.717, 1.165) is 38.2 Å². The number of nitrogens with zero attached hydrogens (tertiary/aromatic N) is 1. The van der Waals surface area contributed by atoms with Gasteiger partial charge in [-0.05, 0) is 24.1 Å². The summed E-state index contributed by atoms with van der Waals surface area (Å²) < 4.78 is 4.78. The molecule has 20 heavy (non-hydrogen) atoms. The molecule has 1 heterocycles. The Labute approximate surface area is 121 Å². The number of nitrogens with one attached hydrogen (secondary N) is 1. The third kappa shape index (κ3) is 3.81. The Morgan fingerprint density at radius 1 is 1.35 bits per heavy atom. The van der Waals surface area contributed by atoms with Crippen LogP contribution in [0.2, 0.25) is 0 Å². The maximum atomic E-state index is 11.5. The number of ether oxygens (including phenoxy) is 1. The van der Waals surface area contributed by atoms with Gasteiger partial charge in [0.2, 0.25) is 0 Å². The Balaban J connectivity index is 2.08. The van der Waals surface area contributed by atoms with Crippen molar-refractivity contribution in [3.63, 3.8) is 0 Å². The molecule has 1 aliphatic heterocycles. The second kappa shape index (κ2) is 7.41. The number of hydrogen-bond acceptors (Lipinski definition) is 4. The summed E-state index contributed by atoms with van der Waals surface area (Å²) in [5.41, 5.74) is 2.31. The van der Waals surface area contributed by atoms with Crippen molar-refractivity contribution in [2.45, 2.75) is 32.4 Å². The molecule has 1 aromatic carbocycles. The van der Waals surface area contributed by atoms with Crippen LogP contribution in [0, 0.1) is 0 Å². The van der Waals surface area contributed by atoms with Gasteiger partial charge in [0.1, 0.15) is 0 Å². The normalized spacial score (nSPS) is 15.2. The quantitative estimate of drug-likeness (QED) is 0.768. The predicted molar refractivity (Wildman–Crippen MR) is 79.5 cm³/mol. The highest BCUT2D eigenvalue weighted by Gasteiger charge is 2.24. The standard InChI is InChI=1S/C16H24N2O2/c1-3-8-18(15-10-17-11-15)12-14-7-5-4-6-13(14)9-16(19)20-2/h4-7,15,17H,3,8-12H2,1-2H3. The van der Waals surface area contributed by atoms with Crippen molar-refractivity contribution in [1.82, 2.24) is 10.2 Å². The average Bonchev–Trinajstić information content (AvgIpc) is 2.39. The van der Waals surface area contributed by atoms with Gasteiger partial charge in [0.25, 0.3) is 0 Å². The molecule has 0 amide bonds. The summed E-state index contributed by atoms with van der Waals surface area (Å²) in [7, 11) is 1.44. The van der Waals surface area contributed by atoms with Gasteiger partial charge in [0.15, 0.2) is 0 Å². The lowest BCUT2D eigenvalue weighted by Gasteiger charge is -2.38. The number of carbonyl (C=O) groups is 1. The van der Waals surface area contributed by atoms with Gasteiger partial charge in [-0.3, -0.25) is 9.69 Å². The molecule has 0 radical (unpaired) electrons. The summed E-state index contributed by atoms with van der Waals surface area (Å²) in [6.45, 7) is 6.35. The number of benzene rings is 1. The molecule has 1 fully saturated rings. The first kappa shape index (κ1) is 15.0. The predicted octanol–water partition coefficient (Wildman–Crippen LogP) is 1.59. The van der Waals surface area contributed by atoms with Crippen molar-refractivity contribution in [2.75, 3.05) is 26.7 Å². The monoisotopic (exact) mass is 276 g/mol. The zero-order valence-corrected chi connectivity index (χ0v) is 12.4. The van der Waals surface area contributed by atoms with Crippen LogP contribution in [-0.4, -0.2) is 43.7 Å². The lowest BCUT2D eigenvalue weighted by molar-refractivity contribution is -0.139. The summed E-state index contributed by atoms with van der Waals surface area (Å²) in [4.78, 5) is 14.0. The van der Waals surface area contributed by atoms with E-state index in [4.69, 9.17) is 4.74 Å². The Bertz CT molecular complexity index is 444. The Kier molecular flexibility index (Phi) is 5.56. The molecule has 0 aliphatic carbocycles. The summed E-state index contributed by atoms with van der Waals surface area (Å²) in [5, 5.41) is 3.33. The second-order valence-electron chi connectivity index (χ2n) is 5.30. The van der Waals surface area contributed by atoms with Gasteiger partial charge in [-0.1, -0.05) is 31.2 Å². The Morgan fingerprint density at radius 2 is 2.05 bits per heavy atom. The van der Waals surface area contributed by atoms with Crippen LogP contribution >= 0.6 is 0 Å². The van der Waals surface area contributed by atoms with Gasteiger partial charge >= 0.3 is 5.97 Å². The van der Waals surface area contributed by atoms with Crippen LogP contribution in [0.3, 0.4) is 0 Å². The molecule has 0 aromatic heterocycles. The fourth-order valence-corrected chi connectivity index (χ4v) is 2.54. The Hall–Kier alpha value is -1.39. The molecule has 0 atom stereocenters. The summed E-state index contributed by atoms with van der Waals surface area (Å²) in [6.07, 6.45) is 1.51. The maximum absolute atomic E-state index is 11.5. The number of carbonyl (C=O) groups excluding carboxylic acids is 1. The largest absolute Gasteiger partial charge is 0.469 e. The topological polar surface area (TPSA) is 41.6 Å². The van der Waals surface area contributed by atoms with Crippen LogP contribution in [0.5, 0.6) is 0 Å². The molecule has 0 unspecified atom stereocenters. The van der Waals surface area contributed by atoms with E-state index in [1.54, 1.807) is 0 Å². The van der Waals surface area contributed by atoms with E-state index < -0.39 is 0 Å². The van der Waals surface area contributed by atoms with Crippen LogP contribution < -0.4 is 5.32 Å².